The number of rotatable bonds is 39. The van der Waals surface area contributed by atoms with Gasteiger partial charge in [-0.15, -0.1) is 0 Å². The number of phosphoric ester groups is 1. The standard InChI is InChI=1S/C40H76NO10P/c1-3-5-7-9-11-13-15-17-18-20-22-24-26-28-30-32-39(43)51-36(34-49-52(46,47)50-35-37(41)40(44)45)33-48-38(42)31-29-27-25-23-21-19-16-14-12-10-8-6-4-2/h17-18,36-37H,3-16,19-35,41H2,1-2H3,(H,44,45)(H,46,47)/b18-17-/t36?,37-/m0/s1. The molecule has 52 heavy (non-hydrogen) atoms. The maximum atomic E-state index is 12.6. The lowest BCUT2D eigenvalue weighted by Crippen LogP contribution is -2.34. The van der Waals surface area contributed by atoms with Crippen LogP contribution in [0.2, 0.25) is 0 Å². The van der Waals surface area contributed by atoms with Gasteiger partial charge in [-0.25, -0.2) is 4.57 Å². The molecule has 3 atom stereocenters. The summed E-state index contributed by atoms with van der Waals surface area (Å²) >= 11 is 0. The molecule has 306 valence electrons. The molecule has 0 heterocycles. The highest BCUT2D eigenvalue weighted by Crippen LogP contribution is 2.43. The molecule has 0 spiro atoms. The number of carboxylic acids is 1. The van der Waals surface area contributed by atoms with Crippen LogP contribution in [-0.4, -0.2) is 59.9 Å². The van der Waals surface area contributed by atoms with Crippen molar-refractivity contribution in [2.45, 2.75) is 206 Å². The molecule has 0 aliphatic rings. The molecule has 11 nitrogen and oxygen atoms in total. The Kier molecular flexibility index (Phi) is 35.0. The fraction of sp³-hybridized carbons (Fsp3) is 0.875. The van der Waals surface area contributed by atoms with E-state index in [9.17, 15) is 23.8 Å². The summed E-state index contributed by atoms with van der Waals surface area (Å²) in [5.74, 6) is -2.38. The first kappa shape index (κ1) is 50.2. The van der Waals surface area contributed by atoms with Crippen LogP contribution in [0.15, 0.2) is 12.2 Å². The van der Waals surface area contributed by atoms with Crippen LogP contribution in [0.3, 0.4) is 0 Å². The lowest BCUT2D eigenvalue weighted by atomic mass is 10.0. The zero-order chi connectivity index (χ0) is 38.5. The number of carbonyl (C=O) groups excluding carboxylic acids is 2. The number of phosphoric acid groups is 1. The van der Waals surface area contributed by atoms with Crippen LogP contribution in [0.5, 0.6) is 0 Å². The van der Waals surface area contributed by atoms with Crippen molar-refractivity contribution in [1.29, 1.82) is 0 Å². The summed E-state index contributed by atoms with van der Waals surface area (Å²) in [5.41, 5.74) is 5.32. The number of allylic oxidation sites excluding steroid dienone is 2. The molecule has 0 aromatic rings. The Bertz CT molecular complexity index is 947. The molecule has 0 aliphatic heterocycles. The molecule has 0 saturated heterocycles. The maximum absolute atomic E-state index is 12.6. The van der Waals surface area contributed by atoms with Gasteiger partial charge in [0.05, 0.1) is 13.2 Å². The average Bonchev–Trinajstić information content (AvgIpc) is 3.12. The van der Waals surface area contributed by atoms with Gasteiger partial charge in [-0.2, -0.15) is 0 Å². The Morgan fingerprint density at radius 2 is 0.962 bits per heavy atom. The van der Waals surface area contributed by atoms with E-state index in [1.54, 1.807) is 0 Å². The second-order valence-electron chi connectivity index (χ2n) is 14.1. The summed E-state index contributed by atoms with van der Waals surface area (Å²) in [6.45, 7) is 2.79. The number of unbranched alkanes of at least 4 members (excludes halogenated alkanes) is 23. The van der Waals surface area contributed by atoms with Crippen molar-refractivity contribution < 1.29 is 47.5 Å². The molecule has 0 bridgehead atoms. The quantitative estimate of drug-likeness (QED) is 0.0235. The van der Waals surface area contributed by atoms with Crippen LogP contribution < -0.4 is 5.73 Å². The molecule has 4 N–H and O–H groups in total. The predicted octanol–water partition coefficient (Wildman–Crippen LogP) is 10.5. The molecule has 0 aromatic carbocycles. The Hall–Kier alpha value is -1.78. The van der Waals surface area contributed by atoms with Gasteiger partial charge in [-0.3, -0.25) is 23.4 Å². The van der Waals surface area contributed by atoms with E-state index in [0.29, 0.717) is 12.8 Å². The summed E-state index contributed by atoms with van der Waals surface area (Å²) < 4.78 is 32.6. The minimum Gasteiger partial charge on any atom is -0.480 e. The van der Waals surface area contributed by atoms with Crippen LogP contribution in [0.1, 0.15) is 194 Å². The number of carbonyl (C=O) groups is 3. The van der Waals surface area contributed by atoms with Gasteiger partial charge in [0.2, 0.25) is 0 Å². The van der Waals surface area contributed by atoms with Gasteiger partial charge in [-0.05, 0) is 38.5 Å². The van der Waals surface area contributed by atoms with E-state index >= 15 is 0 Å². The zero-order valence-electron chi connectivity index (χ0n) is 32.9. The van der Waals surface area contributed by atoms with Crippen LogP contribution in [0.4, 0.5) is 0 Å². The van der Waals surface area contributed by atoms with Gasteiger partial charge in [0.25, 0.3) is 0 Å². The topological polar surface area (TPSA) is 172 Å². The van der Waals surface area contributed by atoms with E-state index in [0.717, 1.165) is 57.8 Å². The van der Waals surface area contributed by atoms with Gasteiger partial charge in [0, 0.05) is 12.8 Å². The number of ether oxygens (including phenoxy) is 2. The van der Waals surface area contributed by atoms with Crippen molar-refractivity contribution in [2.24, 2.45) is 5.73 Å². The second kappa shape index (κ2) is 36.2. The van der Waals surface area contributed by atoms with E-state index in [2.05, 4.69) is 30.5 Å². The predicted molar refractivity (Wildman–Crippen MR) is 208 cm³/mol. The van der Waals surface area contributed by atoms with E-state index in [4.69, 9.17) is 24.8 Å². The van der Waals surface area contributed by atoms with Gasteiger partial charge < -0.3 is 25.2 Å². The summed E-state index contributed by atoms with van der Waals surface area (Å²) in [6.07, 6.45) is 34.2. The van der Waals surface area contributed by atoms with Crippen molar-refractivity contribution in [3.63, 3.8) is 0 Å². The van der Waals surface area contributed by atoms with Gasteiger partial charge in [-0.1, -0.05) is 154 Å². The molecule has 0 aromatic heterocycles. The fourth-order valence-electron chi connectivity index (χ4n) is 5.71. The SMILES string of the molecule is CCCCCCCC/C=C\CCCCCCCC(=O)OC(COC(=O)CCCCCCCCCCCCCCC)COP(=O)(O)OC[C@H](N)C(=O)O. The van der Waals surface area contributed by atoms with Gasteiger partial charge >= 0.3 is 25.7 Å². The number of hydrogen-bond acceptors (Lipinski definition) is 9. The van der Waals surface area contributed by atoms with Crippen LogP contribution >= 0.6 is 7.82 Å². The van der Waals surface area contributed by atoms with Crippen LogP contribution in [0, 0.1) is 0 Å². The van der Waals surface area contributed by atoms with Crippen molar-refractivity contribution in [3.05, 3.63) is 12.2 Å². The lowest BCUT2D eigenvalue weighted by Gasteiger charge is -2.20. The van der Waals surface area contributed by atoms with Crippen LogP contribution in [0.25, 0.3) is 0 Å². The fourth-order valence-corrected chi connectivity index (χ4v) is 6.48. The number of aliphatic carboxylic acids is 1. The van der Waals surface area contributed by atoms with E-state index in [1.807, 2.05) is 0 Å². The Balaban J connectivity index is 4.39. The van der Waals surface area contributed by atoms with Crippen molar-refractivity contribution in [2.75, 3.05) is 19.8 Å². The van der Waals surface area contributed by atoms with Gasteiger partial charge in [0.1, 0.15) is 12.6 Å². The monoisotopic (exact) mass is 762 g/mol. The molecule has 0 rings (SSSR count). The minimum absolute atomic E-state index is 0.155. The van der Waals surface area contributed by atoms with Crippen molar-refractivity contribution >= 4 is 25.7 Å². The summed E-state index contributed by atoms with van der Waals surface area (Å²) in [6, 6.07) is -1.52. The molecule has 0 fully saturated rings. The summed E-state index contributed by atoms with van der Waals surface area (Å²) in [5, 5.41) is 8.87. The third-order valence-electron chi connectivity index (χ3n) is 9.01. The Morgan fingerprint density at radius 1 is 0.577 bits per heavy atom. The summed E-state index contributed by atoms with van der Waals surface area (Å²) in [7, 11) is -4.71. The number of nitrogens with two attached hydrogens (primary N) is 1. The number of esters is 2. The van der Waals surface area contributed by atoms with Crippen LogP contribution in [-0.2, 0) is 37.5 Å². The highest BCUT2D eigenvalue weighted by Gasteiger charge is 2.28. The summed E-state index contributed by atoms with van der Waals surface area (Å²) in [4.78, 5) is 45.8. The molecule has 0 aliphatic carbocycles. The first-order valence-electron chi connectivity index (χ1n) is 20.7. The number of hydrogen-bond donors (Lipinski definition) is 3. The highest BCUT2D eigenvalue weighted by molar-refractivity contribution is 7.47. The third-order valence-corrected chi connectivity index (χ3v) is 9.96. The molecule has 0 radical (unpaired) electrons. The van der Waals surface area contributed by atoms with E-state index < -0.39 is 51.1 Å². The first-order chi connectivity index (χ1) is 25.1. The zero-order valence-corrected chi connectivity index (χ0v) is 33.8. The third kappa shape index (κ3) is 35.3. The first-order valence-corrected chi connectivity index (χ1v) is 22.2. The Labute approximate surface area is 316 Å². The van der Waals surface area contributed by atoms with Gasteiger partial charge in [0.15, 0.2) is 6.10 Å². The smallest absolute Gasteiger partial charge is 0.472 e. The van der Waals surface area contributed by atoms with E-state index in [-0.39, 0.29) is 19.4 Å². The average molecular weight is 762 g/mol. The molecular formula is C40H76NO10P. The molecule has 2 unspecified atom stereocenters. The molecule has 12 heteroatoms. The normalized spacial score (nSPS) is 13.9. The lowest BCUT2D eigenvalue weighted by molar-refractivity contribution is -0.161. The molecule has 0 amide bonds. The highest BCUT2D eigenvalue weighted by atomic mass is 31.2. The van der Waals surface area contributed by atoms with E-state index in [1.165, 1.54) is 96.3 Å². The maximum Gasteiger partial charge on any atom is 0.472 e. The largest absolute Gasteiger partial charge is 0.480 e. The van der Waals surface area contributed by atoms with Crippen molar-refractivity contribution in [1.82, 2.24) is 0 Å². The molecular weight excluding hydrogens is 685 g/mol. The number of carboxylic acid groups (broad SMARTS) is 1. The second-order valence-corrected chi connectivity index (χ2v) is 15.6. The molecule has 0 saturated carbocycles. The van der Waals surface area contributed by atoms with Crippen molar-refractivity contribution in [3.8, 4) is 0 Å². The minimum atomic E-state index is -4.71. The Morgan fingerprint density at radius 3 is 1.40 bits per heavy atom.